The summed E-state index contributed by atoms with van der Waals surface area (Å²) in [5.41, 5.74) is 0. The van der Waals surface area contributed by atoms with Gasteiger partial charge in [-0.3, -0.25) is 4.79 Å². The van der Waals surface area contributed by atoms with E-state index in [1.807, 2.05) is 13.8 Å². The summed E-state index contributed by atoms with van der Waals surface area (Å²) >= 11 is 0. The molecule has 0 spiro atoms. The molecule has 1 heterocycles. The van der Waals surface area contributed by atoms with Crippen LogP contribution in [0.25, 0.3) is 0 Å². The maximum atomic E-state index is 11.9. The number of amides is 1. The first-order valence-electron chi connectivity index (χ1n) is 7.25. The Kier molecular flexibility index (Phi) is 6.65. The molecule has 0 aromatic rings. The molecule has 0 bridgehead atoms. The molecular weight excluding hydrogens is 226 g/mol. The molecule has 0 radical (unpaired) electrons. The van der Waals surface area contributed by atoms with Gasteiger partial charge in [0.1, 0.15) is 0 Å². The Balaban J connectivity index is 2.19. The predicted molar refractivity (Wildman–Crippen MR) is 75.6 cm³/mol. The van der Waals surface area contributed by atoms with E-state index in [0.717, 1.165) is 18.9 Å². The van der Waals surface area contributed by atoms with Crippen LogP contribution >= 0.6 is 0 Å². The topological polar surface area (TPSA) is 44.4 Å². The van der Waals surface area contributed by atoms with Crippen molar-refractivity contribution in [3.63, 3.8) is 0 Å². The summed E-state index contributed by atoms with van der Waals surface area (Å²) < 4.78 is 0. The highest BCUT2D eigenvalue weighted by Gasteiger charge is 2.19. The quantitative estimate of drug-likeness (QED) is 0.750. The van der Waals surface area contributed by atoms with Gasteiger partial charge in [0.15, 0.2) is 0 Å². The van der Waals surface area contributed by atoms with Crippen molar-refractivity contribution in [1.29, 1.82) is 0 Å². The first-order chi connectivity index (χ1) is 8.52. The van der Waals surface area contributed by atoms with Crippen LogP contribution in [0.5, 0.6) is 0 Å². The Morgan fingerprint density at radius 3 is 2.50 bits per heavy atom. The number of rotatable bonds is 6. The maximum Gasteiger partial charge on any atom is 0.237 e. The molecule has 4 nitrogen and oxygen atoms in total. The van der Waals surface area contributed by atoms with Crippen molar-refractivity contribution < 1.29 is 4.79 Å². The molecule has 1 aliphatic heterocycles. The van der Waals surface area contributed by atoms with E-state index in [9.17, 15) is 4.79 Å². The van der Waals surface area contributed by atoms with Gasteiger partial charge in [-0.1, -0.05) is 6.92 Å². The second kappa shape index (κ2) is 7.74. The Hall–Kier alpha value is -0.610. The van der Waals surface area contributed by atoms with Crippen LogP contribution in [0.4, 0.5) is 0 Å². The van der Waals surface area contributed by atoms with Gasteiger partial charge in [0, 0.05) is 6.04 Å². The zero-order chi connectivity index (χ0) is 13.5. The van der Waals surface area contributed by atoms with E-state index in [4.69, 9.17) is 0 Å². The molecule has 0 aliphatic carbocycles. The van der Waals surface area contributed by atoms with Gasteiger partial charge in [0.2, 0.25) is 5.91 Å². The zero-order valence-corrected chi connectivity index (χ0v) is 12.3. The summed E-state index contributed by atoms with van der Waals surface area (Å²) in [6.07, 6.45) is 3.46. The van der Waals surface area contributed by atoms with Crippen LogP contribution in [0.2, 0.25) is 0 Å². The lowest BCUT2D eigenvalue weighted by molar-refractivity contribution is -0.123. The maximum absolute atomic E-state index is 11.9. The predicted octanol–water partition coefficient (Wildman–Crippen LogP) is 1.22. The number of hydrogen-bond donors (Lipinski definition) is 2. The first kappa shape index (κ1) is 15.4. The molecular formula is C14H29N3O. The lowest BCUT2D eigenvalue weighted by Crippen LogP contribution is -2.47. The van der Waals surface area contributed by atoms with Crippen LogP contribution < -0.4 is 10.6 Å². The van der Waals surface area contributed by atoms with E-state index in [1.165, 1.54) is 25.9 Å². The standard InChI is InChI=1S/C14H29N3O/c1-5-11(2)16-14(18)12(3)15-10-13-6-8-17(4)9-7-13/h11-13,15H,5-10H2,1-4H3,(H,16,18). The summed E-state index contributed by atoms with van der Waals surface area (Å²) in [5, 5.41) is 6.38. The summed E-state index contributed by atoms with van der Waals surface area (Å²) in [6.45, 7) is 9.40. The fourth-order valence-corrected chi connectivity index (χ4v) is 2.17. The number of nitrogens with zero attached hydrogens (tertiary/aromatic N) is 1. The van der Waals surface area contributed by atoms with Gasteiger partial charge in [0.05, 0.1) is 6.04 Å². The monoisotopic (exact) mass is 255 g/mol. The molecule has 1 rings (SSSR count). The highest BCUT2D eigenvalue weighted by Crippen LogP contribution is 2.14. The second-order valence-corrected chi connectivity index (χ2v) is 5.69. The van der Waals surface area contributed by atoms with Crippen molar-refractivity contribution in [2.24, 2.45) is 5.92 Å². The Bertz CT molecular complexity index is 249. The number of nitrogens with one attached hydrogen (secondary N) is 2. The van der Waals surface area contributed by atoms with E-state index in [-0.39, 0.29) is 18.0 Å². The van der Waals surface area contributed by atoms with Gasteiger partial charge in [-0.2, -0.15) is 0 Å². The van der Waals surface area contributed by atoms with Gasteiger partial charge in [-0.25, -0.2) is 0 Å². The van der Waals surface area contributed by atoms with Crippen molar-refractivity contribution >= 4 is 5.91 Å². The molecule has 0 aromatic carbocycles. The molecule has 0 aromatic heterocycles. The van der Waals surface area contributed by atoms with Crippen molar-refractivity contribution in [2.75, 3.05) is 26.7 Å². The van der Waals surface area contributed by atoms with Crippen LogP contribution in [0.15, 0.2) is 0 Å². The molecule has 18 heavy (non-hydrogen) atoms. The Morgan fingerprint density at radius 2 is 1.94 bits per heavy atom. The van der Waals surface area contributed by atoms with Crippen molar-refractivity contribution in [2.45, 2.75) is 52.1 Å². The van der Waals surface area contributed by atoms with E-state index in [0.29, 0.717) is 0 Å². The molecule has 1 aliphatic rings. The van der Waals surface area contributed by atoms with Crippen LogP contribution in [0.3, 0.4) is 0 Å². The summed E-state index contributed by atoms with van der Waals surface area (Å²) in [5.74, 6) is 0.845. The fourth-order valence-electron chi connectivity index (χ4n) is 2.17. The number of carbonyl (C=O) groups excluding carboxylic acids is 1. The van der Waals surface area contributed by atoms with Crippen molar-refractivity contribution in [3.05, 3.63) is 0 Å². The third kappa shape index (κ3) is 5.36. The van der Waals surface area contributed by atoms with Crippen LogP contribution in [-0.2, 0) is 4.79 Å². The third-order valence-electron chi connectivity index (χ3n) is 3.95. The lowest BCUT2D eigenvalue weighted by atomic mass is 9.97. The number of hydrogen-bond acceptors (Lipinski definition) is 3. The minimum atomic E-state index is -0.0846. The molecule has 2 atom stereocenters. The van der Waals surface area contributed by atoms with Crippen molar-refractivity contribution in [1.82, 2.24) is 15.5 Å². The normalized spacial score (nSPS) is 21.6. The third-order valence-corrected chi connectivity index (χ3v) is 3.95. The summed E-state index contributed by atoms with van der Waals surface area (Å²) in [4.78, 5) is 14.2. The van der Waals surface area contributed by atoms with Crippen LogP contribution in [-0.4, -0.2) is 49.6 Å². The molecule has 106 valence electrons. The first-order valence-corrected chi connectivity index (χ1v) is 7.25. The van der Waals surface area contributed by atoms with Gasteiger partial charge in [-0.15, -0.1) is 0 Å². The molecule has 0 saturated carbocycles. The summed E-state index contributed by atoms with van der Waals surface area (Å²) in [6, 6.07) is 0.184. The molecule has 1 saturated heterocycles. The van der Waals surface area contributed by atoms with E-state index < -0.39 is 0 Å². The minimum absolute atomic E-state index is 0.0846. The van der Waals surface area contributed by atoms with Gasteiger partial charge < -0.3 is 15.5 Å². The van der Waals surface area contributed by atoms with Crippen LogP contribution in [0.1, 0.15) is 40.0 Å². The minimum Gasteiger partial charge on any atom is -0.352 e. The zero-order valence-electron chi connectivity index (χ0n) is 12.3. The van der Waals surface area contributed by atoms with Crippen molar-refractivity contribution in [3.8, 4) is 0 Å². The molecule has 2 N–H and O–H groups in total. The average molecular weight is 255 g/mol. The number of piperidine rings is 1. The molecule has 2 unspecified atom stereocenters. The van der Waals surface area contributed by atoms with Crippen LogP contribution in [0, 0.1) is 5.92 Å². The number of carbonyl (C=O) groups is 1. The summed E-state index contributed by atoms with van der Waals surface area (Å²) in [7, 11) is 2.17. The van der Waals surface area contributed by atoms with E-state index in [1.54, 1.807) is 0 Å². The SMILES string of the molecule is CCC(C)NC(=O)C(C)NCC1CCN(C)CC1. The van der Waals surface area contributed by atoms with Gasteiger partial charge >= 0.3 is 0 Å². The smallest absolute Gasteiger partial charge is 0.237 e. The second-order valence-electron chi connectivity index (χ2n) is 5.69. The lowest BCUT2D eigenvalue weighted by Gasteiger charge is -2.29. The van der Waals surface area contributed by atoms with E-state index >= 15 is 0 Å². The fraction of sp³-hybridized carbons (Fsp3) is 0.929. The Morgan fingerprint density at radius 1 is 1.33 bits per heavy atom. The van der Waals surface area contributed by atoms with Gasteiger partial charge in [0.25, 0.3) is 0 Å². The highest BCUT2D eigenvalue weighted by atomic mass is 16.2. The Labute approximate surface area is 111 Å². The van der Waals surface area contributed by atoms with E-state index in [2.05, 4.69) is 29.5 Å². The number of likely N-dealkylation sites (tertiary alicyclic amines) is 1. The average Bonchev–Trinajstić information content (AvgIpc) is 2.37. The molecule has 4 heteroatoms. The molecule has 1 amide bonds. The van der Waals surface area contributed by atoms with Gasteiger partial charge in [-0.05, 0) is 65.7 Å². The molecule has 1 fully saturated rings. The largest absolute Gasteiger partial charge is 0.352 e. The highest BCUT2D eigenvalue weighted by molar-refractivity contribution is 5.81.